The topological polar surface area (TPSA) is 12.0 Å². The van der Waals surface area contributed by atoms with Crippen LogP contribution in [0.3, 0.4) is 0 Å². The molecule has 0 aromatic heterocycles. The largest absolute Gasteiger partial charge is 0.317 e. The van der Waals surface area contributed by atoms with Crippen LogP contribution in [0.1, 0.15) is 14.3 Å². The molecule has 1 aliphatic carbocycles. The Morgan fingerprint density at radius 1 is 1.50 bits per heavy atom. The molecule has 1 saturated carbocycles. The van der Waals surface area contributed by atoms with Gasteiger partial charge in [0, 0.05) is 7.47 Å². The summed E-state index contributed by atoms with van der Waals surface area (Å²) in [5, 5.41) is 3.27. The van der Waals surface area contributed by atoms with E-state index in [1.807, 2.05) is 19.2 Å². The van der Waals surface area contributed by atoms with Gasteiger partial charge in [-0.25, -0.2) is 0 Å². The molecule has 1 nitrogen and oxygen atoms in total. The van der Waals surface area contributed by atoms with Gasteiger partial charge < -0.3 is 5.32 Å². The van der Waals surface area contributed by atoms with E-state index in [-0.39, 0.29) is 1.43 Å². The average Bonchev–Trinajstić information content (AvgIpc) is 2.01. The van der Waals surface area contributed by atoms with Crippen LogP contribution in [0, 0.1) is 5.92 Å². The number of rotatable bonds is 4. The first-order valence-corrected chi connectivity index (χ1v) is 4.44. The van der Waals surface area contributed by atoms with Crippen molar-refractivity contribution in [2.24, 2.45) is 5.92 Å². The minimum absolute atomic E-state index is 0. The molecule has 0 aromatic carbocycles. The molecule has 1 aliphatic rings. The molecule has 0 radical (unpaired) electrons. The second kappa shape index (κ2) is 4.27. The van der Waals surface area contributed by atoms with Crippen LogP contribution in [0.5, 0.6) is 0 Å². The molecular formula is C11H19N. The van der Waals surface area contributed by atoms with Gasteiger partial charge >= 0.3 is 0 Å². The molecule has 0 aliphatic heterocycles. The van der Waals surface area contributed by atoms with E-state index in [0.29, 0.717) is 12.0 Å². The lowest BCUT2D eigenvalue weighted by Gasteiger charge is -2.35. The van der Waals surface area contributed by atoms with Crippen LogP contribution in [0.25, 0.3) is 0 Å². The monoisotopic (exact) mass is 165 g/mol. The van der Waals surface area contributed by atoms with Crippen molar-refractivity contribution in [3.63, 3.8) is 0 Å². The van der Waals surface area contributed by atoms with Crippen LogP contribution in [-0.2, 0) is 0 Å². The van der Waals surface area contributed by atoms with Crippen molar-refractivity contribution in [3.05, 3.63) is 37.0 Å². The van der Waals surface area contributed by atoms with Crippen molar-refractivity contribution in [3.8, 4) is 0 Å². The van der Waals surface area contributed by atoms with Crippen LogP contribution in [0.2, 0.25) is 0 Å². The second-order valence-electron chi connectivity index (χ2n) is 3.26. The Morgan fingerprint density at radius 2 is 2.17 bits per heavy atom. The van der Waals surface area contributed by atoms with Crippen LogP contribution in [0.15, 0.2) is 37.0 Å². The van der Waals surface area contributed by atoms with Gasteiger partial charge in [0.15, 0.2) is 0 Å². The predicted octanol–water partition coefficient (Wildman–Crippen LogP) is 2.53. The zero-order chi connectivity index (χ0) is 8.97. The molecule has 0 spiro atoms. The average molecular weight is 165 g/mol. The highest BCUT2D eigenvalue weighted by Crippen LogP contribution is 2.33. The minimum atomic E-state index is 0. The first-order valence-electron chi connectivity index (χ1n) is 4.44. The summed E-state index contributed by atoms with van der Waals surface area (Å²) >= 11 is 0. The summed E-state index contributed by atoms with van der Waals surface area (Å²) in [5.74, 6) is 0.706. The van der Waals surface area contributed by atoms with Gasteiger partial charge in [-0.2, -0.15) is 0 Å². The molecule has 1 fully saturated rings. The Labute approximate surface area is 76.3 Å². The lowest BCUT2D eigenvalue weighted by Crippen LogP contribution is -2.39. The molecule has 1 rings (SSSR count). The lowest BCUT2D eigenvalue weighted by molar-refractivity contribution is 0.274. The van der Waals surface area contributed by atoms with Gasteiger partial charge in [-0.05, 0) is 31.4 Å². The normalized spacial score (nSPS) is 29.2. The first kappa shape index (κ1) is 9.27. The maximum Gasteiger partial charge on any atom is 0.00757 e. The van der Waals surface area contributed by atoms with Gasteiger partial charge in [0.2, 0.25) is 0 Å². The molecular weight excluding hydrogens is 146 g/mol. The SMILES string of the molecule is C=C/C=C(\C=C)C1CC(NC)C1.[HH]. The molecule has 0 heterocycles. The van der Waals surface area contributed by atoms with Gasteiger partial charge in [-0.15, -0.1) is 0 Å². The van der Waals surface area contributed by atoms with E-state index in [2.05, 4.69) is 24.6 Å². The molecule has 0 aromatic rings. The van der Waals surface area contributed by atoms with Crippen LogP contribution in [0.4, 0.5) is 0 Å². The lowest BCUT2D eigenvalue weighted by atomic mass is 9.75. The number of hydrogen-bond acceptors (Lipinski definition) is 1. The number of hydrogen-bond donors (Lipinski definition) is 1. The molecule has 68 valence electrons. The first-order chi connectivity index (χ1) is 5.81. The summed E-state index contributed by atoms with van der Waals surface area (Å²) in [7, 11) is 2.02. The zero-order valence-electron chi connectivity index (χ0n) is 7.72. The maximum absolute atomic E-state index is 3.80. The fourth-order valence-corrected chi connectivity index (χ4v) is 1.63. The van der Waals surface area contributed by atoms with Gasteiger partial charge in [-0.3, -0.25) is 0 Å². The molecule has 12 heavy (non-hydrogen) atoms. The standard InChI is InChI=1S/C11H17N.H2/c1-4-6-9(5-2)10-7-11(8-10)12-3;/h4-6,10-12H,1-2,7-8H2,3H3;1H/b9-6+;. The quantitative estimate of drug-likeness (QED) is 0.631. The summed E-state index contributed by atoms with van der Waals surface area (Å²) < 4.78 is 0. The predicted molar refractivity (Wildman–Crippen MR) is 56.2 cm³/mol. The number of nitrogens with one attached hydrogen (secondary N) is 1. The Bertz CT molecular complexity index is 202. The van der Waals surface area contributed by atoms with Gasteiger partial charge in [0.25, 0.3) is 0 Å². The summed E-state index contributed by atoms with van der Waals surface area (Å²) in [5.41, 5.74) is 1.33. The van der Waals surface area contributed by atoms with Gasteiger partial charge in [-0.1, -0.05) is 31.4 Å². The molecule has 0 bridgehead atoms. The molecule has 0 saturated heterocycles. The van der Waals surface area contributed by atoms with Gasteiger partial charge in [0.1, 0.15) is 0 Å². The summed E-state index contributed by atoms with van der Waals surface area (Å²) in [4.78, 5) is 0. The number of allylic oxidation sites excluding steroid dienone is 4. The smallest absolute Gasteiger partial charge is 0.00757 e. The van der Waals surface area contributed by atoms with E-state index >= 15 is 0 Å². The van der Waals surface area contributed by atoms with E-state index in [1.54, 1.807) is 0 Å². The molecule has 0 atom stereocenters. The van der Waals surface area contributed by atoms with E-state index in [4.69, 9.17) is 0 Å². The van der Waals surface area contributed by atoms with Crippen LogP contribution < -0.4 is 5.32 Å². The highest BCUT2D eigenvalue weighted by Gasteiger charge is 2.28. The van der Waals surface area contributed by atoms with Crippen molar-refractivity contribution in [1.82, 2.24) is 5.32 Å². The maximum atomic E-state index is 3.80. The van der Waals surface area contributed by atoms with Crippen LogP contribution >= 0.6 is 0 Å². The summed E-state index contributed by atoms with van der Waals surface area (Å²) in [6, 6.07) is 0.711. The minimum Gasteiger partial charge on any atom is -0.317 e. The highest BCUT2D eigenvalue weighted by atomic mass is 14.9. The third-order valence-electron chi connectivity index (χ3n) is 2.56. The van der Waals surface area contributed by atoms with Crippen molar-refractivity contribution >= 4 is 0 Å². The summed E-state index contributed by atoms with van der Waals surface area (Å²) in [6.07, 6.45) is 8.32. The summed E-state index contributed by atoms with van der Waals surface area (Å²) in [6.45, 7) is 7.49. The van der Waals surface area contributed by atoms with E-state index < -0.39 is 0 Å². The Kier molecular flexibility index (Phi) is 3.30. The molecule has 1 N–H and O–H groups in total. The Morgan fingerprint density at radius 3 is 2.58 bits per heavy atom. The van der Waals surface area contributed by atoms with E-state index in [9.17, 15) is 0 Å². The van der Waals surface area contributed by atoms with Crippen molar-refractivity contribution in [2.45, 2.75) is 18.9 Å². The van der Waals surface area contributed by atoms with Crippen molar-refractivity contribution in [2.75, 3.05) is 7.05 Å². The third-order valence-corrected chi connectivity index (χ3v) is 2.56. The Hall–Kier alpha value is -0.820. The molecule has 1 heteroatoms. The highest BCUT2D eigenvalue weighted by molar-refractivity contribution is 5.26. The molecule has 0 amide bonds. The Balaban J connectivity index is 0.00000144. The zero-order valence-corrected chi connectivity index (χ0v) is 7.72. The van der Waals surface area contributed by atoms with Gasteiger partial charge in [0.05, 0.1) is 0 Å². The van der Waals surface area contributed by atoms with E-state index in [0.717, 1.165) is 0 Å². The fourth-order valence-electron chi connectivity index (χ4n) is 1.63. The third kappa shape index (κ3) is 1.86. The van der Waals surface area contributed by atoms with Crippen LogP contribution in [-0.4, -0.2) is 13.1 Å². The van der Waals surface area contributed by atoms with E-state index in [1.165, 1.54) is 18.4 Å². The fraction of sp³-hybridized carbons (Fsp3) is 0.455. The van der Waals surface area contributed by atoms with Crippen molar-refractivity contribution < 1.29 is 1.43 Å². The second-order valence-corrected chi connectivity index (χ2v) is 3.26. The molecule has 0 unspecified atom stereocenters. The van der Waals surface area contributed by atoms with Crippen molar-refractivity contribution in [1.29, 1.82) is 0 Å².